The number of ketones is 2. The third kappa shape index (κ3) is 11.1. The van der Waals surface area contributed by atoms with Crippen LogP contribution in [0.3, 0.4) is 0 Å². The van der Waals surface area contributed by atoms with Gasteiger partial charge in [-0.25, -0.2) is 33.8 Å². The number of pyridine rings is 4. The number of aliphatic hydroxyl groups is 5. The van der Waals surface area contributed by atoms with Crippen molar-refractivity contribution in [3.63, 3.8) is 0 Å². The van der Waals surface area contributed by atoms with Crippen molar-refractivity contribution in [2.24, 2.45) is 0 Å². The first-order valence-corrected chi connectivity index (χ1v) is 27.0. The molecule has 84 heavy (non-hydrogen) atoms. The number of nitrogens with one attached hydrogen (secondary N) is 1. The van der Waals surface area contributed by atoms with Crippen LogP contribution in [0.5, 0.6) is 5.88 Å². The maximum absolute atomic E-state index is 12.5. The zero-order chi connectivity index (χ0) is 62.0. The van der Waals surface area contributed by atoms with Crippen molar-refractivity contribution in [3.05, 3.63) is 128 Å². The van der Waals surface area contributed by atoms with Crippen LogP contribution in [0.2, 0.25) is 0 Å². The molecule has 6 N–H and O–H groups in total. The topological polar surface area (TPSA) is 392 Å². The van der Waals surface area contributed by atoms with Crippen LogP contribution in [0.4, 0.5) is 0 Å². The van der Waals surface area contributed by atoms with Gasteiger partial charge in [0.1, 0.15) is 37.9 Å². The van der Waals surface area contributed by atoms with Crippen molar-refractivity contribution in [2.45, 2.75) is 155 Å². The Morgan fingerprint density at radius 3 is 1.49 bits per heavy atom. The molecule has 4 aromatic heterocycles. The van der Waals surface area contributed by atoms with E-state index in [1.54, 1.807) is 27.7 Å². The molecule has 0 aromatic carbocycles. The van der Waals surface area contributed by atoms with Gasteiger partial charge in [-0.2, -0.15) is 0 Å². The lowest BCUT2D eigenvalue weighted by molar-refractivity contribution is -0.172. The Balaban J connectivity index is 0.000000161. The summed E-state index contributed by atoms with van der Waals surface area (Å²) < 4.78 is 37.4. The summed E-state index contributed by atoms with van der Waals surface area (Å²) in [6.45, 7) is 11.6. The molecule has 10 rings (SSSR count). The summed E-state index contributed by atoms with van der Waals surface area (Å²) in [6.07, 6.45) is 1.87. The van der Waals surface area contributed by atoms with E-state index in [1.807, 2.05) is 13.8 Å². The molecule has 4 atom stereocenters. The second kappa shape index (κ2) is 24.7. The predicted octanol–water partition coefficient (Wildman–Crippen LogP) is 2.37. The smallest absolute Gasteiger partial charge is 0.357 e. The number of rotatable bonds is 12. The summed E-state index contributed by atoms with van der Waals surface area (Å²) in [7, 11) is 1.39. The fourth-order valence-corrected chi connectivity index (χ4v) is 10.1. The Kier molecular flexibility index (Phi) is 18.5. The van der Waals surface area contributed by atoms with Crippen molar-refractivity contribution in [3.8, 4) is 5.88 Å². The molecule has 0 unspecified atom stereocenters. The summed E-state index contributed by atoms with van der Waals surface area (Å²) in [5, 5.41) is 52.1. The number of esters is 6. The summed E-state index contributed by atoms with van der Waals surface area (Å²) in [4.78, 5) is 138. The zero-order valence-corrected chi connectivity index (χ0v) is 47.3. The second-order valence-corrected chi connectivity index (χ2v) is 20.1. The van der Waals surface area contributed by atoms with Gasteiger partial charge >= 0.3 is 35.8 Å². The fraction of sp³-hybridized carbons (Fsp3) is 0.474. The van der Waals surface area contributed by atoms with Crippen LogP contribution >= 0.6 is 0 Å². The van der Waals surface area contributed by atoms with Gasteiger partial charge in [0.2, 0.25) is 5.88 Å². The van der Waals surface area contributed by atoms with Gasteiger partial charge < -0.3 is 72.8 Å². The average Bonchev–Trinajstić information content (AvgIpc) is 2.01. The molecule has 0 aliphatic carbocycles. The number of carbonyl (C=O) groups is 8. The van der Waals surface area contributed by atoms with E-state index in [1.165, 1.54) is 47.4 Å². The molecule has 0 bridgehead atoms. The molecule has 0 fully saturated rings. The van der Waals surface area contributed by atoms with Gasteiger partial charge in [-0.1, -0.05) is 41.5 Å². The van der Waals surface area contributed by atoms with Crippen LogP contribution in [0.25, 0.3) is 5.76 Å². The van der Waals surface area contributed by atoms with Crippen LogP contribution < -0.4 is 21.4 Å². The lowest BCUT2D eigenvalue weighted by Gasteiger charge is -2.32. The Hall–Kier alpha value is -8.66. The molecule has 0 radical (unpaired) electrons. The maximum Gasteiger partial charge on any atom is 0.357 e. The van der Waals surface area contributed by atoms with Crippen LogP contribution in [-0.4, -0.2) is 112 Å². The van der Waals surface area contributed by atoms with Gasteiger partial charge in [0.25, 0.3) is 16.7 Å². The van der Waals surface area contributed by atoms with E-state index in [4.69, 9.17) is 33.2 Å². The number of H-pyrrole nitrogens is 1. The largest absolute Gasteiger partial charge is 0.505 e. The monoisotopic (exact) mass is 1170 g/mol. The lowest BCUT2D eigenvalue weighted by atomic mass is 9.86. The number of hydrogen-bond acceptors (Lipinski definition) is 24. The molecule has 6 aliphatic rings. The van der Waals surface area contributed by atoms with E-state index in [-0.39, 0.29) is 174 Å². The van der Waals surface area contributed by atoms with Gasteiger partial charge in [-0.3, -0.25) is 24.0 Å². The molecule has 6 aliphatic heterocycles. The average molecular weight is 1170 g/mol. The first-order valence-electron chi connectivity index (χ1n) is 27.0. The Bertz CT molecular complexity index is 3630. The molecule has 450 valence electrons. The number of nitrogens with zero attached hydrogens (tertiary/aromatic N) is 3. The number of Topliss-reactive ketones (excluding diaryl/α,β-unsaturated/α-hetero) is 2. The molecule has 0 spiro atoms. The van der Waals surface area contributed by atoms with E-state index < -0.39 is 69.3 Å². The highest BCUT2D eigenvalue weighted by Gasteiger charge is 2.49. The minimum Gasteiger partial charge on any atom is -0.505 e. The number of fused-ring (bicyclic) bond motifs is 6. The summed E-state index contributed by atoms with van der Waals surface area (Å²) in [5.74, 6) is -5.11. The maximum atomic E-state index is 12.5. The summed E-state index contributed by atoms with van der Waals surface area (Å²) in [6, 6.07) is 5.53. The molecular formula is C57H64N4O23. The Morgan fingerprint density at radius 2 is 1.02 bits per heavy atom. The van der Waals surface area contributed by atoms with Crippen molar-refractivity contribution < 1.29 is 97.0 Å². The van der Waals surface area contributed by atoms with Crippen LogP contribution in [0.15, 0.2) is 44.2 Å². The molecule has 0 saturated heterocycles. The number of allylic oxidation sites excluding steroid dienone is 1. The third-order valence-electron chi connectivity index (χ3n) is 15.2. The van der Waals surface area contributed by atoms with E-state index in [9.17, 15) is 78.3 Å². The first kappa shape index (κ1) is 62.9. The minimum atomic E-state index is -1.92. The normalized spacial score (nSPS) is 22.1. The number of hydrogen-bond donors (Lipinski definition) is 6. The van der Waals surface area contributed by atoms with Gasteiger partial charge in [0.15, 0.2) is 39.7 Å². The van der Waals surface area contributed by atoms with Crippen LogP contribution in [0.1, 0.15) is 175 Å². The fourth-order valence-electron chi connectivity index (χ4n) is 10.1. The molecule has 0 saturated carbocycles. The van der Waals surface area contributed by atoms with E-state index >= 15 is 0 Å². The molecular weight excluding hydrogens is 1110 g/mol. The lowest BCUT2D eigenvalue weighted by Crippen LogP contribution is -2.44. The van der Waals surface area contributed by atoms with Gasteiger partial charge in [-0.15, -0.1) is 0 Å². The van der Waals surface area contributed by atoms with Crippen molar-refractivity contribution in [1.82, 2.24) is 19.1 Å². The van der Waals surface area contributed by atoms with E-state index in [0.717, 1.165) is 0 Å². The Morgan fingerprint density at radius 1 is 0.595 bits per heavy atom. The standard InChI is InChI=1S/C15H15NO6.C15H19NO6.C14H17NO6.C13H13NO5/c1-3-15(21)10-4-11-12(18)8(7(2)17)5-16(11)13(19)9(10)6-22-14(15)20;1-4-6-21-13(17)11-7-10-9(12(16-11)20-3)8-22-14(18)15(10,19)5-2;1-3-5-20-12(17)10-6-9-8(11(16)15-10)7-21-13(18)14(9,19)4-2;1-2-13(18)8-5-9-10(15)3-4-14(9)11(16)7(8)6-19-12(13)17/h4,18,21H,3,5-6H2,1-2H3;7,19H,4-6,8H2,1-3H3;6,19H,3-5,7H2,1-2H3,(H,15,16);5,18H,2-4,6H2,1H3/t2*15-;14-;13-/m0000/s1. The van der Waals surface area contributed by atoms with Crippen LogP contribution in [0, 0.1) is 0 Å². The number of ether oxygens (including phenoxy) is 7. The molecule has 10 heterocycles. The predicted molar refractivity (Wildman–Crippen MR) is 286 cm³/mol. The minimum absolute atomic E-state index is 0.00868. The van der Waals surface area contributed by atoms with Gasteiger partial charge in [-0.05, 0) is 69.7 Å². The quantitative estimate of drug-likeness (QED) is 0.0876. The third-order valence-corrected chi connectivity index (χ3v) is 15.2. The number of carbonyl (C=O) groups excluding carboxylic acids is 8. The Labute approximate surface area is 477 Å². The van der Waals surface area contributed by atoms with Gasteiger partial charge in [0, 0.05) is 35.2 Å². The number of aliphatic hydroxyl groups excluding tert-OH is 1. The first-order chi connectivity index (χ1) is 39.7. The van der Waals surface area contributed by atoms with Gasteiger partial charge in [0.05, 0.1) is 66.1 Å². The van der Waals surface area contributed by atoms with Crippen molar-refractivity contribution in [2.75, 3.05) is 20.3 Å². The number of cyclic esters (lactones) is 4. The van der Waals surface area contributed by atoms with E-state index in [0.29, 0.717) is 24.9 Å². The molecule has 27 nitrogen and oxygen atoms in total. The molecule has 0 amide bonds. The number of aromatic amines is 1. The second-order valence-electron chi connectivity index (χ2n) is 20.1. The molecule has 27 heteroatoms. The van der Waals surface area contributed by atoms with Crippen molar-refractivity contribution in [1.29, 1.82) is 0 Å². The summed E-state index contributed by atoms with van der Waals surface area (Å²) >= 11 is 0. The molecule has 4 aromatic rings. The summed E-state index contributed by atoms with van der Waals surface area (Å²) in [5.41, 5.74) is -6.66. The SMILES string of the molecule is CCCOC(=O)c1cc2c(c(=O)[nH]1)COC(=O)[C@]2(O)CC.CCCOC(=O)c1cc2c(c(OC)n1)COC(=O)[C@]2(O)CC.CC[C@@]1(O)C(=O)OCc2c1cc1n(c2=O)CC(C(C)=O)=C1O.CC[C@@]1(O)C(=O)OCc2c1cc1n(c2=O)CCC1=O. The number of methoxy groups -OCH3 is 1. The highest BCUT2D eigenvalue weighted by atomic mass is 16.6. The highest BCUT2D eigenvalue weighted by Crippen LogP contribution is 2.40. The van der Waals surface area contributed by atoms with E-state index in [2.05, 4.69) is 9.97 Å². The number of aromatic nitrogens is 4. The zero-order valence-electron chi connectivity index (χ0n) is 47.3. The van der Waals surface area contributed by atoms with Crippen LogP contribution in [-0.2, 0) is 114 Å². The van der Waals surface area contributed by atoms with Crippen molar-refractivity contribution >= 4 is 53.1 Å². The highest BCUT2D eigenvalue weighted by molar-refractivity contribution is 6.01.